The van der Waals surface area contributed by atoms with Crippen LogP contribution < -0.4 is 0 Å². The van der Waals surface area contributed by atoms with E-state index in [2.05, 4.69) is 23.7 Å². The minimum absolute atomic E-state index is 0.0518. The predicted molar refractivity (Wildman–Crippen MR) is 132 cm³/mol. The van der Waals surface area contributed by atoms with E-state index in [1.807, 2.05) is 17.5 Å². The molecule has 0 saturated carbocycles. The Kier molecular flexibility index (Phi) is 8.33. The number of aliphatic hydroxyl groups is 1. The van der Waals surface area contributed by atoms with E-state index in [0.717, 1.165) is 24.5 Å². The van der Waals surface area contributed by atoms with Crippen molar-refractivity contribution in [1.29, 1.82) is 0 Å². The molecule has 8 nitrogen and oxygen atoms in total. The maximum atomic E-state index is 13.2. The lowest BCUT2D eigenvalue weighted by atomic mass is 9.97. The van der Waals surface area contributed by atoms with Crippen molar-refractivity contribution in [1.82, 2.24) is 14.8 Å². The third-order valence-corrected chi connectivity index (χ3v) is 7.20. The molecule has 2 aromatic heterocycles. The fourth-order valence-corrected chi connectivity index (χ4v) is 5.35. The number of ether oxygens (including phenoxy) is 1. The number of esters is 1. The molecule has 0 aromatic carbocycles. The number of carbonyl (C=O) groups excluding carboxylic acids is 3. The summed E-state index contributed by atoms with van der Waals surface area (Å²) in [4.78, 5) is 46.2. The van der Waals surface area contributed by atoms with Crippen molar-refractivity contribution in [2.45, 2.75) is 47.1 Å². The van der Waals surface area contributed by atoms with Crippen molar-refractivity contribution in [3.05, 3.63) is 50.5 Å². The Balaban J connectivity index is 2.05. The number of rotatable bonds is 10. The molecule has 2 N–H and O–H groups in total. The van der Waals surface area contributed by atoms with Gasteiger partial charge in [0, 0.05) is 22.7 Å². The number of thiophene rings is 1. The molecule has 1 atom stereocenters. The van der Waals surface area contributed by atoms with E-state index < -0.39 is 23.7 Å². The summed E-state index contributed by atoms with van der Waals surface area (Å²) in [6.07, 6.45) is 0.714. The zero-order valence-electron chi connectivity index (χ0n) is 20.4. The number of nitrogens with zero attached hydrogens (tertiary/aromatic N) is 2. The highest BCUT2D eigenvalue weighted by molar-refractivity contribution is 7.10. The standard InChI is InChI=1S/C25H33N3O5S/c1-6-27(7-2)12-10-13-28-21(17-11-9-14-34-17)19(23(30)24(28)31)22(29)18-15(4)20(26-16(18)5)25(32)33-8-3/h9,11,14,21,26,29H,6-8,10,12-13H2,1-5H3. The molecule has 3 rings (SSSR count). The zero-order valence-corrected chi connectivity index (χ0v) is 21.3. The smallest absolute Gasteiger partial charge is 0.355 e. The molecule has 1 unspecified atom stereocenters. The molecule has 0 bridgehead atoms. The van der Waals surface area contributed by atoms with Gasteiger partial charge >= 0.3 is 5.97 Å². The van der Waals surface area contributed by atoms with Crippen molar-refractivity contribution in [2.24, 2.45) is 0 Å². The largest absolute Gasteiger partial charge is 0.507 e. The Morgan fingerprint density at radius 1 is 1.24 bits per heavy atom. The van der Waals surface area contributed by atoms with Gasteiger partial charge in [0.15, 0.2) is 0 Å². The third kappa shape index (κ3) is 4.81. The molecule has 184 valence electrons. The number of hydrogen-bond donors (Lipinski definition) is 2. The molecule has 1 aliphatic heterocycles. The number of amides is 1. The van der Waals surface area contributed by atoms with Crippen molar-refractivity contribution in [3.63, 3.8) is 0 Å². The molecule has 0 radical (unpaired) electrons. The van der Waals surface area contributed by atoms with E-state index >= 15 is 0 Å². The summed E-state index contributed by atoms with van der Waals surface area (Å²) < 4.78 is 5.10. The summed E-state index contributed by atoms with van der Waals surface area (Å²) >= 11 is 1.43. The predicted octanol–water partition coefficient (Wildman–Crippen LogP) is 4.02. The van der Waals surface area contributed by atoms with Crippen LogP contribution in [0, 0.1) is 13.8 Å². The quantitative estimate of drug-likeness (QED) is 0.227. The summed E-state index contributed by atoms with van der Waals surface area (Å²) in [5, 5.41) is 13.3. The normalized spacial score (nSPS) is 17.7. The summed E-state index contributed by atoms with van der Waals surface area (Å²) in [6.45, 7) is 12.6. The number of hydrogen-bond acceptors (Lipinski definition) is 7. The van der Waals surface area contributed by atoms with Gasteiger partial charge in [-0.1, -0.05) is 19.9 Å². The van der Waals surface area contributed by atoms with Gasteiger partial charge in [0.2, 0.25) is 0 Å². The Morgan fingerprint density at radius 2 is 1.94 bits per heavy atom. The minimum atomic E-state index is -0.712. The average molecular weight is 488 g/mol. The van der Waals surface area contributed by atoms with Gasteiger partial charge in [0.1, 0.15) is 11.5 Å². The number of Topliss-reactive ketones (excluding diaryl/α,β-unsaturated/α-hetero) is 1. The SMILES string of the molecule is CCOC(=O)c1[nH]c(C)c(C(O)=C2C(=O)C(=O)N(CCCN(CC)CC)C2c2cccs2)c1C. The van der Waals surface area contributed by atoms with Crippen LogP contribution in [0.3, 0.4) is 0 Å². The van der Waals surface area contributed by atoms with Gasteiger partial charge in [-0.25, -0.2) is 4.79 Å². The summed E-state index contributed by atoms with van der Waals surface area (Å²) in [6, 6.07) is 3.06. The fraction of sp³-hybridized carbons (Fsp3) is 0.480. The van der Waals surface area contributed by atoms with Crippen LogP contribution in [-0.4, -0.2) is 70.3 Å². The molecule has 3 heterocycles. The van der Waals surface area contributed by atoms with Gasteiger partial charge in [0.05, 0.1) is 18.2 Å². The molecule has 1 saturated heterocycles. The van der Waals surface area contributed by atoms with Crippen LogP contribution in [0.1, 0.15) is 65.4 Å². The highest BCUT2D eigenvalue weighted by atomic mass is 32.1. The van der Waals surface area contributed by atoms with Crippen molar-refractivity contribution >= 4 is 34.8 Å². The second-order valence-electron chi connectivity index (χ2n) is 8.23. The molecule has 1 amide bonds. The Morgan fingerprint density at radius 3 is 2.53 bits per heavy atom. The maximum Gasteiger partial charge on any atom is 0.355 e. The summed E-state index contributed by atoms with van der Waals surface area (Å²) in [7, 11) is 0. The zero-order chi connectivity index (χ0) is 25.0. The Labute approximate surface area is 204 Å². The second-order valence-corrected chi connectivity index (χ2v) is 9.21. The Bertz CT molecular complexity index is 1080. The van der Waals surface area contributed by atoms with Crippen LogP contribution in [0.4, 0.5) is 0 Å². The van der Waals surface area contributed by atoms with Gasteiger partial charge in [-0.2, -0.15) is 0 Å². The van der Waals surface area contributed by atoms with Crippen LogP contribution in [-0.2, 0) is 14.3 Å². The van der Waals surface area contributed by atoms with E-state index in [1.165, 1.54) is 11.3 Å². The van der Waals surface area contributed by atoms with E-state index in [9.17, 15) is 19.5 Å². The molecule has 1 aliphatic rings. The molecule has 2 aromatic rings. The molecule has 0 spiro atoms. The number of aliphatic hydroxyl groups excluding tert-OH is 1. The molecular formula is C25H33N3O5S. The van der Waals surface area contributed by atoms with Gasteiger partial charge in [0.25, 0.3) is 11.7 Å². The maximum absolute atomic E-state index is 13.2. The number of aromatic nitrogens is 1. The van der Waals surface area contributed by atoms with Crippen LogP contribution >= 0.6 is 11.3 Å². The topological polar surface area (TPSA) is 103 Å². The van der Waals surface area contributed by atoms with Crippen LogP contribution in [0.2, 0.25) is 0 Å². The van der Waals surface area contributed by atoms with Crippen molar-refractivity contribution in [2.75, 3.05) is 32.8 Å². The molecular weight excluding hydrogens is 454 g/mol. The minimum Gasteiger partial charge on any atom is -0.507 e. The highest BCUT2D eigenvalue weighted by Gasteiger charge is 2.46. The molecule has 0 aliphatic carbocycles. The number of nitrogens with one attached hydrogen (secondary N) is 1. The van der Waals surface area contributed by atoms with E-state index in [0.29, 0.717) is 29.8 Å². The first-order chi connectivity index (χ1) is 16.3. The van der Waals surface area contributed by atoms with Crippen molar-refractivity contribution < 1.29 is 24.2 Å². The van der Waals surface area contributed by atoms with Gasteiger partial charge in [-0.05, 0) is 63.8 Å². The number of aryl methyl sites for hydroxylation is 1. The summed E-state index contributed by atoms with van der Waals surface area (Å²) in [5.74, 6) is -2.13. The first-order valence-electron chi connectivity index (χ1n) is 11.7. The lowest BCUT2D eigenvalue weighted by molar-refractivity contribution is -0.139. The first-order valence-corrected chi connectivity index (χ1v) is 12.5. The number of H-pyrrole nitrogens is 1. The van der Waals surface area contributed by atoms with Crippen LogP contribution in [0.15, 0.2) is 23.1 Å². The number of carbonyl (C=O) groups is 3. The number of likely N-dealkylation sites (tertiary alicyclic amines) is 1. The average Bonchev–Trinajstić information content (AvgIpc) is 3.50. The third-order valence-electron chi connectivity index (χ3n) is 6.27. The van der Waals surface area contributed by atoms with E-state index in [-0.39, 0.29) is 23.6 Å². The number of aromatic amines is 1. The second kappa shape index (κ2) is 11.0. The van der Waals surface area contributed by atoms with Gasteiger partial charge in [-0.15, -0.1) is 11.3 Å². The summed E-state index contributed by atoms with van der Waals surface area (Å²) in [5.41, 5.74) is 1.63. The van der Waals surface area contributed by atoms with E-state index in [4.69, 9.17) is 4.74 Å². The highest BCUT2D eigenvalue weighted by Crippen LogP contribution is 2.42. The molecule has 34 heavy (non-hydrogen) atoms. The van der Waals surface area contributed by atoms with Gasteiger partial charge in [-0.3, -0.25) is 9.59 Å². The molecule has 9 heteroatoms. The monoisotopic (exact) mass is 487 g/mol. The lowest BCUT2D eigenvalue weighted by Gasteiger charge is -2.25. The van der Waals surface area contributed by atoms with E-state index in [1.54, 1.807) is 25.7 Å². The van der Waals surface area contributed by atoms with Crippen LogP contribution in [0.25, 0.3) is 5.76 Å². The van der Waals surface area contributed by atoms with Gasteiger partial charge < -0.3 is 24.6 Å². The Hall–Kier alpha value is -2.91. The lowest BCUT2D eigenvalue weighted by Crippen LogP contribution is -2.33. The van der Waals surface area contributed by atoms with Crippen LogP contribution in [0.5, 0.6) is 0 Å². The fourth-order valence-electron chi connectivity index (χ4n) is 4.51. The molecule has 1 fully saturated rings. The first kappa shape index (κ1) is 25.7. The van der Waals surface area contributed by atoms with Crippen molar-refractivity contribution in [3.8, 4) is 0 Å². The number of ketones is 1.